The van der Waals surface area contributed by atoms with Crippen LogP contribution in [-0.4, -0.2) is 48.2 Å². The van der Waals surface area contributed by atoms with Crippen LogP contribution in [0.25, 0.3) is 0 Å². The lowest BCUT2D eigenvalue weighted by Crippen LogP contribution is -2.59. The van der Waals surface area contributed by atoms with Crippen LogP contribution in [0, 0.1) is 0 Å². The first kappa shape index (κ1) is 8.45. The minimum Gasteiger partial charge on any atom is -0.467 e. The molecule has 2 N–H and O–H groups in total. The minimum absolute atomic E-state index is 0.283. The highest BCUT2D eigenvalue weighted by Gasteiger charge is 2.46. The Morgan fingerprint density at radius 1 is 1.73 bits per heavy atom. The third-order valence-corrected chi connectivity index (χ3v) is 1.63. The van der Waals surface area contributed by atoms with E-state index in [0.717, 1.165) is 0 Å². The highest BCUT2D eigenvalue weighted by atomic mass is 16.6. The molecule has 0 saturated carbocycles. The second kappa shape index (κ2) is 3.17. The van der Waals surface area contributed by atoms with Gasteiger partial charge in [-0.3, -0.25) is 0 Å². The number of ether oxygens (including phenoxy) is 2. The van der Waals surface area contributed by atoms with Gasteiger partial charge in [0.25, 0.3) is 0 Å². The van der Waals surface area contributed by atoms with E-state index < -0.39 is 24.3 Å². The van der Waals surface area contributed by atoms with Crippen molar-refractivity contribution >= 4 is 5.97 Å². The van der Waals surface area contributed by atoms with Gasteiger partial charge >= 0.3 is 5.97 Å². The molecule has 1 heterocycles. The van der Waals surface area contributed by atoms with Crippen molar-refractivity contribution in [1.82, 2.24) is 0 Å². The fourth-order valence-corrected chi connectivity index (χ4v) is 0.917. The molecule has 1 aliphatic rings. The Kier molecular flexibility index (Phi) is 2.43. The van der Waals surface area contributed by atoms with Crippen LogP contribution in [0.1, 0.15) is 0 Å². The Hall–Kier alpha value is -0.650. The molecule has 0 aromatic rings. The SMILES string of the molecule is COC(=O)[C@H]1O[C@H](CO)[C@H]1O. The number of aliphatic hydroxyl groups excluding tert-OH is 2. The number of esters is 1. The van der Waals surface area contributed by atoms with Crippen molar-refractivity contribution in [3.8, 4) is 0 Å². The van der Waals surface area contributed by atoms with Gasteiger partial charge < -0.3 is 19.7 Å². The molecular weight excluding hydrogens is 152 g/mol. The summed E-state index contributed by atoms with van der Waals surface area (Å²) in [4.78, 5) is 10.7. The standard InChI is InChI=1S/C6H10O5/c1-10-6(9)5-4(8)3(2-7)11-5/h3-5,7-8H,2H2,1H3/t3-,4-,5+/m1/s1. The first-order valence-corrected chi connectivity index (χ1v) is 3.23. The summed E-state index contributed by atoms with van der Waals surface area (Å²) in [6.45, 7) is -0.283. The number of carbonyl (C=O) groups excluding carboxylic acids is 1. The second-order valence-corrected chi connectivity index (χ2v) is 2.29. The zero-order chi connectivity index (χ0) is 8.43. The topological polar surface area (TPSA) is 76.0 Å². The van der Waals surface area contributed by atoms with Gasteiger partial charge in [0.05, 0.1) is 13.7 Å². The van der Waals surface area contributed by atoms with E-state index in [2.05, 4.69) is 4.74 Å². The maximum absolute atomic E-state index is 10.7. The highest BCUT2D eigenvalue weighted by molar-refractivity contribution is 5.76. The Labute approximate surface area is 63.5 Å². The van der Waals surface area contributed by atoms with Gasteiger partial charge in [0.15, 0.2) is 6.10 Å². The Balaban J connectivity index is 2.38. The van der Waals surface area contributed by atoms with Crippen LogP contribution < -0.4 is 0 Å². The van der Waals surface area contributed by atoms with Crippen molar-refractivity contribution in [3.63, 3.8) is 0 Å². The van der Waals surface area contributed by atoms with Gasteiger partial charge in [-0.15, -0.1) is 0 Å². The number of methoxy groups -OCH3 is 1. The Morgan fingerprint density at radius 2 is 2.36 bits per heavy atom. The molecule has 0 spiro atoms. The molecule has 0 unspecified atom stereocenters. The normalized spacial score (nSPS) is 36.1. The summed E-state index contributed by atoms with van der Waals surface area (Å²) in [5.41, 5.74) is 0. The Bertz CT molecular complexity index is 157. The molecule has 0 bridgehead atoms. The van der Waals surface area contributed by atoms with E-state index in [4.69, 9.17) is 14.9 Å². The van der Waals surface area contributed by atoms with Crippen molar-refractivity contribution in [1.29, 1.82) is 0 Å². The lowest BCUT2D eigenvalue weighted by molar-refractivity contribution is -0.239. The monoisotopic (exact) mass is 162 g/mol. The van der Waals surface area contributed by atoms with Crippen molar-refractivity contribution < 1.29 is 24.5 Å². The van der Waals surface area contributed by atoms with Crippen LogP contribution in [0.15, 0.2) is 0 Å². The van der Waals surface area contributed by atoms with Crippen molar-refractivity contribution in [2.45, 2.75) is 18.3 Å². The third-order valence-electron chi connectivity index (χ3n) is 1.63. The van der Waals surface area contributed by atoms with Crippen LogP contribution >= 0.6 is 0 Å². The molecule has 0 radical (unpaired) electrons. The van der Waals surface area contributed by atoms with Crippen molar-refractivity contribution in [3.05, 3.63) is 0 Å². The molecule has 0 amide bonds. The molecular formula is C6H10O5. The number of carbonyl (C=O) groups is 1. The molecule has 0 aromatic carbocycles. The van der Waals surface area contributed by atoms with Gasteiger partial charge in [-0.25, -0.2) is 4.79 Å². The maximum atomic E-state index is 10.7. The number of hydrogen-bond donors (Lipinski definition) is 2. The van der Waals surface area contributed by atoms with E-state index in [-0.39, 0.29) is 6.61 Å². The molecule has 0 aromatic heterocycles. The van der Waals surface area contributed by atoms with Crippen LogP contribution in [-0.2, 0) is 14.3 Å². The second-order valence-electron chi connectivity index (χ2n) is 2.29. The molecule has 3 atom stereocenters. The zero-order valence-corrected chi connectivity index (χ0v) is 6.06. The fourth-order valence-electron chi connectivity index (χ4n) is 0.917. The Morgan fingerprint density at radius 3 is 2.73 bits per heavy atom. The summed E-state index contributed by atoms with van der Waals surface area (Å²) in [6, 6.07) is 0. The first-order valence-electron chi connectivity index (χ1n) is 3.23. The van der Waals surface area contributed by atoms with Crippen LogP contribution in [0.3, 0.4) is 0 Å². The van der Waals surface area contributed by atoms with Gasteiger partial charge in [-0.1, -0.05) is 0 Å². The molecule has 5 heteroatoms. The molecule has 64 valence electrons. The van der Waals surface area contributed by atoms with E-state index in [9.17, 15) is 4.79 Å². The van der Waals surface area contributed by atoms with E-state index in [0.29, 0.717) is 0 Å². The quantitative estimate of drug-likeness (QED) is 0.472. The van der Waals surface area contributed by atoms with E-state index in [1.807, 2.05) is 0 Å². The van der Waals surface area contributed by atoms with E-state index in [1.54, 1.807) is 0 Å². The predicted octanol–water partition coefficient (Wildman–Crippen LogP) is -1.72. The van der Waals surface area contributed by atoms with Gasteiger partial charge in [-0.05, 0) is 0 Å². The number of rotatable bonds is 2. The summed E-state index contributed by atoms with van der Waals surface area (Å²) < 4.78 is 9.09. The predicted molar refractivity (Wildman–Crippen MR) is 33.8 cm³/mol. The van der Waals surface area contributed by atoms with Crippen LogP contribution in [0.5, 0.6) is 0 Å². The third kappa shape index (κ3) is 1.35. The maximum Gasteiger partial charge on any atom is 0.337 e. The zero-order valence-electron chi connectivity index (χ0n) is 6.06. The van der Waals surface area contributed by atoms with Crippen molar-refractivity contribution in [2.75, 3.05) is 13.7 Å². The van der Waals surface area contributed by atoms with Crippen LogP contribution in [0.2, 0.25) is 0 Å². The molecule has 1 fully saturated rings. The summed E-state index contributed by atoms with van der Waals surface area (Å²) in [5, 5.41) is 17.6. The minimum atomic E-state index is -0.938. The van der Waals surface area contributed by atoms with Crippen molar-refractivity contribution in [2.24, 2.45) is 0 Å². The summed E-state index contributed by atoms with van der Waals surface area (Å²) in [7, 11) is 1.21. The van der Waals surface area contributed by atoms with Gasteiger partial charge in [0, 0.05) is 0 Å². The summed E-state index contributed by atoms with van der Waals surface area (Å²) >= 11 is 0. The van der Waals surface area contributed by atoms with E-state index >= 15 is 0 Å². The average molecular weight is 162 g/mol. The largest absolute Gasteiger partial charge is 0.467 e. The molecule has 1 rings (SSSR count). The smallest absolute Gasteiger partial charge is 0.337 e. The summed E-state index contributed by atoms with van der Waals surface area (Å²) in [5.74, 6) is -0.609. The van der Waals surface area contributed by atoms with Gasteiger partial charge in [0.2, 0.25) is 0 Å². The number of hydrogen-bond acceptors (Lipinski definition) is 5. The van der Waals surface area contributed by atoms with Crippen LogP contribution in [0.4, 0.5) is 0 Å². The number of aliphatic hydroxyl groups is 2. The van der Waals surface area contributed by atoms with E-state index in [1.165, 1.54) is 7.11 Å². The molecule has 0 aliphatic carbocycles. The molecule has 1 aliphatic heterocycles. The van der Waals surface area contributed by atoms with Gasteiger partial charge in [-0.2, -0.15) is 0 Å². The molecule has 11 heavy (non-hydrogen) atoms. The average Bonchev–Trinajstić information content (AvgIpc) is 2.02. The lowest BCUT2D eigenvalue weighted by atomic mass is 10.0. The summed E-state index contributed by atoms with van der Waals surface area (Å²) in [6.07, 6.45) is -2.50. The lowest BCUT2D eigenvalue weighted by Gasteiger charge is -2.38. The highest BCUT2D eigenvalue weighted by Crippen LogP contribution is 2.21. The van der Waals surface area contributed by atoms with Gasteiger partial charge in [0.1, 0.15) is 12.2 Å². The fraction of sp³-hybridized carbons (Fsp3) is 0.833. The first-order chi connectivity index (χ1) is 5.20. The molecule has 5 nitrogen and oxygen atoms in total. The molecule has 1 saturated heterocycles.